The molecule has 1 aliphatic rings. The van der Waals surface area contributed by atoms with E-state index in [2.05, 4.69) is 41.2 Å². The second-order valence-electron chi connectivity index (χ2n) is 6.56. The Morgan fingerprint density at radius 1 is 1.15 bits per heavy atom. The molecule has 3 aromatic rings. The van der Waals surface area contributed by atoms with Gasteiger partial charge in [-0.3, -0.25) is 0 Å². The summed E-state index contributed by atoms with van der Waals surface area (Å²) >= 11 is 0. The summed E-state index contributed by atoms with van der Waals surface area (Å²) in [5.74, 6) is 0.809. The van der Waals surface area contributed by atoms with Gasteiger partial charge in [0.2, 0.25) is 0 Å². The Balaban J connectivity index is 1.51. The van der Waals surface area contributed by atoms with Gasteiger partial charge in [0.05, 0.1) is 6.61 Å². The average molecular weight is 349 g/mol. The van der Waals surface area contributed by atoms with Crippen LogP contribution >= 0.6 is 0 Å². The molecule has 0 aliphatic carbocycles. The van der Waals surface area contributed by atoms with Crippen molar-refractivity contribution in [2.45, 2.75) is 19.9 Å². The third kappa shape index (κ3) is 2.90. The van der Waals surface area contributed by atoms with Crippen LogP contribution in [0.2, 0.25) is 0 Å². The Bertz CT molecular complexity index is 944. The molecule has 0 saturated carbocycles. The fourth-order valence-corrected chi connectivity index (χ4v) is 3.71. The molecule has 2 heterocycles. The van der Waals surface area contributed by atoms with Gasteiger partial charge >= 0.3 is 6.03 Å². The zero-order valence-corrected chi connectivity index (χ0v) is 15.2. The van der Waals surface area contributed by atoms with Crippen LogP contribution in [0.25, 0.3) is 10.9 Å². The molecule has 5 nitrogen and oxygen atoms in total. The van der Waals surface area contributed by atoms with Gasteiger partial charge in [0, 0.05) is 54.4 Å². The van der Waals surface area contributed by atoms with Gasteiger partial charge in [-0.15, -0.1) is 0 Å². The third-order valence-corrected chi connectivity index (χ3v) is 5.02. The van der Waals surface area contributed by atoms with E-state index in [-0.39, 0.29) is 6.03 Å². The number of amides is 2. The van der Waals surface area contributed by atoms with E-state index < -0.39 is 0 Å². The number of nitrogens with one attached hydrogen (secondary N) is 1. The minimum Gasteiger partial charge on any atom is -0.494 e. The van der Waals surface area contributed by atoms with E-state index in [4.69, 9.17) is 4.74 Å². The molecule has 0 unspecified atom stereocenters. The molecule has 1 aromatic heterocycles. The number of carbonyl (C=O) groups excluding carboxylic acids is 1. The molecule has 2 aromatic carbocycles. The standard InChI is InChI=1S/C21H23N3O2/c1-3-26-16-10-8-15(9-11-16)22-21(25)24-13-12-20-18(14-24)17-6-4-5-7-19(17)23(20)2/h4-11H,3,12-14H2,1-2H3,(H,22,25). The van der Waals surface area contributed by atoms with E-state index >= 15 is 0 Å². The van der Waals surface area contributed by atoms with Gasteiger partial charge in [-0.25, -0.2) is 4.79 Å². The molecule has 5 heteroatoms. The number of para-hydroxylation sites is 1. The third-order valence-electron chi connectivity index (χ3n) is 5.02. The largest absolute Gasteiger partial charge is 0.494 e. The van der Waals surface area contributed by atoms with Crippen LogP contribution in [0.4, 0.5) is 10.5 Å². The molecule has 1 N–H and O–H groups in total. The second-order valence-corrected chi connectivity index (χ2v) is 6.56. The Labute approximate surface area is 153 Å². The first kappa shape index (κ1) is 16.5. The zero-order valence-electron chi connectivity index (χ0n) is 15.2. The number of benzene rings is 2. The number of hydrogen-bond acceptors (Lipinski definition) is 2. The normalized spacial score (nSPS) is 13.5. The van der Waals surface area contributed by atoms with Crippen molar-refractivity contribution >= 4 is 22.6 Å². The maximum atomic E-state index is 12.7. The van der Waals surface area contributed by atoms with Crippen molar-refractivity contribution < 1.29 is 9.53 Å². The van der Waals surface area contributed by atoms with Crippen LogP contribution in [0.5, 0.6) is 5.75 Å². The van der Waals surface area contributed by atoms with Crippen molar-refractivity contribution in [3.8, 4) is 5.75 Å². The zero-order chi connectivity index (χ0) is 18.1. The van der Waals surface area contributed by atoms with Crippen LogP contribution in [0.15, 0.2) is 48.5 Å². The number of urea groups is 1. The summed E-state index contributed by atoms with van der Waals surface area (Å²) in [4.78, 5) is 14.6. The number of carbonyl (C=O) groups is 1. The second kappa shape index (κ2) is 6.75. The molecular formula is C21H23N3O2. The summed E-state index contributed by atoms with van der Waals surface area (Å²) in [7, 11) is 2.11. The lowest BCUT2D eigenvalue weighted by molar-refractivity contribution is 0.206. The van der Waals surface area contributed by atoms with Crippen molar-refractivity contribution in [2.75, 3.05) is 18.5 Å². The monoisotopic (exact) mass is 349 g/mol. The van der Waals surface area contributed by atoms with Crippen molar-refractivity contribution in [1.29, 1.82) is 0 Å². The van der Waals surface area contributed by atoms with E-state index in [0.29, 0.717) is 13.2 Å². The minimum atomic E-state index is -0.0623. The SMILES string of the molecule is CCOc1ccc(NC(=O)N2CCc3c(c4ccccc4n3C)C2)cc1. The molecule has 4 rings (SSSR count). The molecule has 134 valence electrons. The molecule has 1 aliphatic heterocycles. The molecule has 2 amide bonds. The predicted molar refractivity (Wildman–Crippen MR) is 104 cm³/mol. The first-order valence-corrected chi connectivity index (χ1v) is 9.01. The van der Waals surface area contributed by atoms with Crippen LogP contribution in [0.1, 0.15) is 18.2 Å². The lowest BCUT2D eigenvalue weighted by Gasteiger charge is -2.28. The maximum absolute atomic E-state index is 12.7. The van der Waals surface area contributed by atoms with Crippen LogP contribution < -0.4 is 10.1 Å². The quantitative estimate of drug-likeness (QED) is 0.771. The van der Waals surface area contributed by atoms with Crippen LogP contribution in [-0.2, 0) is 20.0 Å². The van der Waals surface area contributed by atoms with E-state index in [1.807, 2.05) is 36.1 Å². The fraction of sp³-hybridized carbons (Fsp3) is 0.286. The van der Waals surface area contributed by atoms with Gasteiger partial charge < -0.3 is 19.5 Å². The smallest absolute Gasteiger partial charge is 0.322 e. The highest BCUT2D eigenvalue weighted by atomic mass is 16.5. The minimum absolute atomic E-state index is 0.0623. The van der Waals surface area contributed by atoms with Gasteiger partial charge in [-0.2, -0.15) is 0 Å². The lowest BCUT2D eigenvalue weighted by Crippen LogP contribution is -2.39. The number of rotatable bonds is 3. The Morgan fingerprint density at radius 2 is 1.92 bits per heavy atom. The van der Waals surface area contributed by atoms with E-state index in [1.54, 1.807) is 0 Å². The highest BCUT2D eigenvalue weighted by Gasteiger charge is 2.25. The summed E-state index contributed by atoms with van der Waals surface area (Å²) in [5.41, 5.74) is 4.60. The molecule has 0 spiro atoms. The van der Waals surface area contributed by atoms with Crippen molar-refractivity contribution in [3.63, 3.8) is 0 Å². The highest BCUT2D eigenvalue weighted by molar-refractivity contribution is 5.91. The van der Waals surface area contributed by atoms with Gasteiger partial charge in [0.15, 0.2) is 0 Å². The first-order chi connectivity index (χ1) is 12.7. The number of aryl methyl sites for hydroxylation is 1. The van der Waals surface area contributed by atoms with E-state index in [0.717, 1.165) is 24.4 Å². The number of nitrogens with zero attached hydrogens (tertiary/aromatic N) is 2. The fourth-order valence-electron chi connectivity index (χ4n) is 3.71. The van der Waals surface area contributed by atoms with E-state index in [1.165, 1.54) is 22.2 Å². The first-order valence-electron chi connectivity index (χ1n) is 9.01. The Morgan fingerprint density at radius 3 is 2.69 bits per heavy atom. The molecular weight excluding hydrogens is 326 g/mol. The lowest BCUT2D eigenvalue weighted by atomic mass is 10.0. The van der Waals surface area contributed by atoms with Gasteiger partial charge in [0.1, 0.15) is 5.75 Å². The van der Waals surface area contributed by atoms with E-state index in [9.17, 15) is 4.79 Å². The maximum Gasteiger partial charge on any atom is 0.322 e. The number of ether oxygens (including phenoxy) is 1. The summed E-state index contributed by atoms with van der Waals surface area (Å²) in [6.07, 6.45) is 0.872. The Hall–Kier alpha value is -2.95. The van der Waals surface area contributed by atoms with Crippen molar-refractivity contribution in [3.05, 3.63) is 59.8 Å². The molecule has 0 saturated heterocycles. The van der Waals surface area contributed by atoms with Crippen LogP contribution in [0.3, 0.4) is 0 Å². The molecule has 0 bridgehead atoms. The number of hydrogen-bond donors (Lipinski definition) is 1. The molecule has 26 heavy (non-hydrogen) atoms. The summed E-state index contributed by atoms with van der Waals surface area (Å²) < 4.78 is 7.70. The topological polar surface area (TPSA) is 46.5 Å². The number of fused-ring (bicyclic) bond motifs is 3. The predicted octanol–water partition coefficient (Wildman–Crippen LogP) is 4.17. The highest BCUT2D eigenvalue weighted by Crippen LogP contribution is 2.30. The van der Waals surface area contributed by atoms with Crippen molar-refractivity contribution in [1.82, 2.24) is 9.47 Å². The summed E-state index contributed by atoms with van der Waals surface area (Å²) in [6.45, 7) is 3.94. The Kier molecular flexibility index (Phi) is 4.29. The van der Waals surface area contributed by atoms with Crippen LogP contribution in [0, 0.1) is 0 Å². The average Bonchev–Trinajstić information content (AvgIpc) is 2.96. The molecule has 0 fully saturated rings. The van der Waals surface area contributed by atoms with Gasteiger partial charge in [-0.05, 0) is 37.3 Å². The van der Waals surface area contributed by atoms with Crippen LogP contribution in [-0.4, -0.2) is 28.6 Å². The molecule has 0 radical (unpaired) electrons. The molecule has 0 atom stereocenters. The van der Waals surface area contributed by atoms with Crippen molar-refractivity contribution in [2.24, 2.45) is 7.05 Å². The van der Waals surface area contributed by atoms with Gasteiger partial charge in [-0.1, -0.05) is 18.2 Å². The summed E-state index contributed by atoms with van der Waals surface area (Å²) in [6, 6.07) is 15.8. The number of anilines is 1. The number of aromatic nitrogens is 1. The van der Waals surface area contributed by atoms with Gasteiger partial charge in [0.25, 0.3) is 0 Å². The summed E-state index contributed by atoms with van der Waals surface area (Å²) in [5, 5.41) is 4.23.